The molecule has 0 saturated heterocycles. The Balaban J connectivity index is 2.17. The molecule has 1 aromatic carbocycles. The van der Waals surface area contributed by atoms with Crippen LogP contribution in [-0.2, 0) is 0 Å². The van der Waals surface area contributed by atoms with E-state index in [4.69, 9.17) is 11.6 Å². The van der Waals surface area contributed by atoms with Gasteiger partial charge in [0.15, 0.2) is 0 Å². The van der Waals surface area contributed by atoms with Crippen LogP contribution in [-0.4, -0.2) is 27.1 Å². The highest BCUT2D eigenvalue weighted by Gasteiger charge is 2.17. The molecule has 2 aromatic rings. The highest BCUT2D eigenvalue weighted by Crippen LogP contribution is 2.32. The van der Waals surface area contributed by atoms with E-state index in [1.54, 1.807) is 12.1 Å². The molecule has 0 radical (unpaired) electrons. The van der Waals surface area contributed by atoms with Crippen LogP contribution in [0.5, 0.6) is 5.75 Å². The number of phenolic OH excluding ortho intramolecular Hbond substituents is 1. The third kappa shape index (κ3) is 3.55. The van der Waals surface area contributed by atoms with Gasteiger partial charge in [-0.05, 0) is 18.2 Å². The van der Waals surface area contributed by atoms with Gasteiger partial charge in [0, 0.05) is 22.8 Å². The highest BCUT2D eigenvalue weighted by molar-refractivity contribution is 6.31. The molecule has 0 unspecified atom stereocenters. The van der Waals surface area contributed by atoms with Crippen molar-refractivity contribution in [2.75, 3.05) is 0 Å². The first-order chi connectivity index (χ1) is 10.5. The van der Waals surface area contributed by atoms with E-state index in [1.165, 1.54) is 18.3 Å². The molecule has 2 rings (SSSR count). The Bertz CT molecular complexity index is 749. The van der Waals surface area contributed by atoms with Crippen molar-refractivity contribution in [2.24, 2.45) is 5.10 Å². The van der Waals surface area contributed by atoms with Crippen LogP contribution in [0.2, 0.25) is 5.02 Å². The number of amides is 1. The second-order valence-electron chi connectivity index (χ2n) is 4.03. The molecule has 0 atom stereocenters. The SMILES string of the molecule is O=C(N/N=C\c1cc(Cl)cc([N+](=O)[O-])c1O)c1ccccn1. The number of hydrogen-bond donors (Lipinski definition) is 2. The fourth-order valence-corrected chi connectivity index (χ4v) is 1.78. The van der Waals surface area contributed by atoms with E-state index in [2.05, 4.69) is 15.5 Å². The summed E-state index contributed by atoms with van der Waals surface area (Å²) in [5, 5.41) is 24.2. The van der Waals surface area contributed by atoms with Gasteiger partial charge in [0.05, 0.1) is 11.1 Å². The third-order valence-corrected chi connectivity index (χ3v) is 2.77. The van der Waals surface area contributed by atoms with Crippen LogP contribution in [0.15, 0.2) is 41.6 Å². The zero-order chi connectivity index (χ0) is 16.1. The van der Waals surface area contributed by atoms with Crippen LogP contribution in [0.1, 0.15) is 16.1 Å². The summed E-state index contributed by atoms with van der Waals surface area (Å²) in [6.45, 7) is 0. The summed E-state index contributed by atoms with van der Waals surface area (Å²) < 4.78 is 0. The first-order valence-electron chi connectivity index (χ1n) is 5.90. The topological polar surface area (TPSA) is 118 Å². The van der Waals surface area contributed by atoms with Crippen molar-refractivity contribution in [1.29, 1.82) is 0 Å². The Morgan fingerprint density at radius 3 is 2.86 bits per heavy atom. The van der Waals surface area contributed by atoms with E-state index in [-0.39, 0.29) is 16.3 Å². The second kappa shape index (κ2) is 6.64. The normalized spacial score (nSPS) is 10.6. The summed E-state index contributed by atoms with van der Waals surface area (Å²) in [4.78, 5) is 25.5. The Hall–Kier alpha value is -3.00. The Kier molecular flexibility index (Phi) is 4.64. The van der Waals surface area contributed by atoms with E-state index in [1.807, 2.05) is 0 Å². The molecule has 1 amide bonds. The number of hydrazone groups is 1. The lowest BCUT2D eigenvalue weighted by Gasteiger charge is -2.02. The predicted octanol–water partition coefficient (Wildman–Crippen LogP) is 2.11. The van der Waals surface area contributed by atoms with Crippen molar-refractivity contribution in [3.05, 3.63) is 62.9 Å². The minimum Gasteiger partial charge on any atom is -0.502 e. The van der Waals surface area contributed by atoms with Gasteiger partial charge in [-0.15, -0.1) is 0 Å². The molecule has 0 aliphatic rings. The number of phenols is 1. The Labute approximate surface area is 129 Å². The number of halogens is 1. The van der Waals surface area contributed by atoms with Crippen LogP contribution < -0.4 is 5.43 Å². The largest absolute Gasteiger partial charge is 0.502 e. The van der Waals surface area contributed by atoms with Crippen molar-refractivity contribution < 1.29 is 14.8 Å². The monoisotopic (exact) mass is 320 g/mol. The van der Waals surface area contributed by atoms with Crippen molar-refractivity contribution in [1.82, 2.24) is 10.4 Å². The number of aromatic nitrogens is 1. The first-order valence-corrected chi connectivity index (χ1v) is 6.28. The van der Waals surface area contributed by atoms with Gasteiger partial charge in [-0.3, -0.25) is 19.9 Å². The average molecular weight is 321 g/mol. The summed E-state index contributed by atoms with van der Waals surface area (Å²) in [6, 6.07) is 7.08. The molecule has 0 spiro atoms. The predicted molar refractivity (Wildman–Crippen MR) is 79.1 cm³/mol. The molecule has 0 saturated carbocycles. The number of carbonyl (C=O) groups excluding carboxylic acids is 1. The van der Waals surface area contributed by atoms with Gasteiger partial charge in [0.25, 0.3) is 5.91 Å². The molecule has 22 heavy (non-hydrogen) atoms. The Morgan fingerprint density at radius 1 is 1.45 bits per heavy atom. The van der Waals surface area contributed by atoms with E-state index in [0.717, 1.165) is 12.3 Å². The lowest BCUT2D eigenvalue weighted by atomic mass is 10.2. The minimum atomic E-state index is -0.773. The molecule has 2 N–H and O–H groups in total. The van der Waals surface area contributed by atoms with Crippen molar-refractivity contribution in [3.8, 4) is 5.75 Å². The molecule has 0 aliphatic heterocycles. The molecule has 0 aliphatic carbocycles. The van der Waals surface area contributed by atoms with Crippen molar-refractivity contribution in [2.45, 2.75) is 0 Å². The molecular formula is C13H9ClN4O4. The molecule has 0 bridgehead atoms. The maximum atomic E-state index is 11.7. The summed E-state index contributed by atoms with van der Waals surface area (Å²) in [7, 11) is 0. The van der Waals surface area contributed by atoms with Gasteiger partial charge in [-0.1, -0.05) is 17.7 Å². The van der Waals surface area contributed by atoms with Crippen LogP contribution in [0.4, 0.5) is 5.69 Å². The third-order valence-electron chi connectivity index (χ3n) is 2.55. The minimum absolute atomic E-state index is 0.000482. The number of rotatable bonds is 4. The van der Waals surface area contributed by atoms with E-state index in [9.17, 15) is 20.0 Å². The number of carbonyl (C=O) groups is 1. The van der Waals surface area contributed by atoms with Crippen LogP contribution in [0.3, 0.4) is 0 Å². The lowest BCUT2D eigenvalue weighted by molar-refractivity contribution is -0.385. The van der Waals surface area contributed by atoms with E-state index >= 15 is 0 Å². The van der Waals surface area contributed by atoms with Crippen LogP contribution in [0.25, 0.3) is 0 Å². The fourth-order valence-electron chi connectivity index (χ4n) is 1.56. The number of pyridine rings is 1. The number of benzene rings is 1. The summed E-state index contributed by atoms with van der Waals surface area (Å²) in [5.74, 6) is -1.15. The summed E-state index contributed by atoms with van der Waals surface area (Å²) in [6.07, 6.45) is 2.50. The smallest absolute Gasteiger partial charge is 0.312 e. The van der Waals surface area contributed by atoms with Gasteiger partial charge in [0.2, 0.25) is 5.75 Å². The van der Waals surface area contributed by atoms with Gasteiger partial charge in [-0.2, -0.15) is 5.10 Å². The van der Waals surface area contributed by atoms with E-state index < -0.39 is 22.3 Å². The number of hydrogen-bond acceptors (Lipinski definition) is 6. The van der Waals surface area contributed by atoms with E-state index in [0.29, 0.717) is 0 Å². The zero-order valence-corrected chi connectivity index (χ0v) is 11.7. The van der Waals surface area contributed by atoms with Crippen molar-refractivity contribution >= 4 is 29.4 Å². The molecule has 9 heteroatoms. The first kappa shape index (κ1) is 15.4. The number of nitro benzene ring substituents is 1. The quantitative estimate of drug-likeness (QED) is 0.508. The van der Waals surface area contributed by atoms with Gasteiger partial charge < -0.3 is 5.11 Å². The molecule has 1 heterocycles. The van der Waals surface area contributed by atoms with Gasteiger partial charge in [0.1, 0.15) is 5.69 Å². The average Bonchev–Trinajstić information content (AvgIpc) is 2.50. The standard InChI is InChI=1S/C13H9ClN4O4/c14-9-5-8(12(19)11(6-9)18(21)22)7-16-17-13(20)10-3-1-2-4-15-10/h1-7,19H,(H,17,20)/b16-7-. The molecule has 1 aromatic heterocycles. The zero-order valence-electron chi connectivity index (χ0n) is 10.9. The van der Waals surface area contributed by atoms with Crippen molar-refractivity contribution in [3.63, 3.8) is 0 Å². The van der Waals surface area contributed by atoms with Gasteiger partial charge in [-0.25, -0.2) is 5.43 Å². The maximum absolute atomic E-state index is 11.7. The molecule has 8 nitrogen and oxygen atoms in total. The highest BCUT2D eigenvalue weighted by atomic mass is 35.5. The summed E-state index contributed by atoms with van der Waals surface area (Å²) >= 11 is 5.73. The van der Waals surface area contributed by atoms with Crippen LogP contribution in [0, 0.1) is 10.1 Å². The molecular weight excluding hydrogens is 312 g/mol. The number of nitro groups is 1. The maximum Gasteiger partial charge on any atom is 0.312 e. The molecule has 0 fully saturated rings. The summed E-state index contributed by atoms with van der Waals surface area (Å²) in [5.41, 5.74) is 1.79. The van der Waals surface area contributed by atoms with Crippen LogP contribution >= 0.6 is 11.6 Å². The lowest BCUT2D eigenvalue weighted by Crippen LogP contribution is -2.18. The van der Waals surface area contributed by atoms with Gasteiger partial charge >= 0.3 is 5.69 Å². The fraction of sp³-hybridized carbons (Fsp3) is 0. The number of aromatic hydroxyl groups is 1. The number of nitrogens with one attached hydrogen (secondary N) is 1. The molecule has 112 valence electrons. The second-order valence-corrected chi connectivity index (χ2v) is 4.47. The number of nitrogens with zero attached hydrogens (tertiary/aromatic N) is 3. The Morgan fingerprint density at radius 2 is 2.23 bits per heavy atom.